The predicted octanol–water partition coefficient (Wildman–Crippen LogP) is 5.75. The Morgan fingerprint density at radius 1 is 1.00 bits per heavy atom. The molecule has 34 heavy (non-hydrogen) atoms. The second-order valence-electron chi connectivity index (χ2n) is 11.5. The highest BCUT2D eigenvalue weighted by molar-refractivity contribution is 6.30. The van der Waals surface area contributed by atoms with Gasteiger partial charge in [0.15, 0.2) is 5.79 Å². The van der Waals surface area contributed by atoms with Crippen LogP contribution in [0.3, 0.4) is 0 Å². The normalized spacial score (nSPS) is 40.3. The van der Waals surface area contributed by atoms with Crippen LogP contribution in [0.5, 0.6) is 0 Å². The molecule has 1 spiro atoms. The minimum absolute atomic E-state index is 0.0153. The van der Waals surface area contributed by atoms with Crippen molar-refractivity contribution in [3.8, 4) is 0 Å². The lowest BCUT2D eigenvalue weighted by atomic mass is 9.47. The number of ketones is 1. The Kier molecular flexibility index (Phi) is 5.29. The minimum atomic E-state index is -0.532. The van der Waals surface area contributed by atoms with E-state index in [2.05, 4.69) is 19.9 Å². The van der Waals surface area contributed by atoms with Crippen LogP contribution in [0.25, 0.3) is 0 Å². The van der Waals surface area contributed by atoms with Crippen LogP contribution in [-0.4, -0.2) is 36.9 Å². The van der Waals surface area contributed by atoms with Gasteiger partial charge in [0, 0.05) is 35.6 Å². The molecule has 6 heteroatoms. The summed E-state index contributed by atoms with van der Waals surface area (Å²) in [5.74, 6) is 0.277. The molecule has 1 saturated heterocycles. The van der Waals surface area contributed by atoms with Gasteiger partial charge in [0.25, 0.3) is 0 Å². The third-order valence-electron chi connectivity index (χ3n) is 9.96. The standard InChI is InChI=1S/C28H33ClO5/c1-26-11-12-28(32-13-14-33-28)16-18(26)15-22(34-25(31)17-3-5-19(29)6-4-17)24-20-7-8-23(30)27(20,2)10-9-21(24)26/h3-6,15,20-22,24H,7-14,16H2,1-2H3/t20-,21-,22-,24-,26-,27-/m0/s1. The van der Waals surface area contributed by atoms with Gasteiger partial charge in [-0.15, -0.1) is 0 Å². The molecule has 6 rings (SSSR count). The van der Waals surface area contributed by atoms with Gasteiger partial charge in [-0.05, 0) is 73.3 Å². The first kappa shape index (κ1) is 22.8. The molecule has 4 aliphatic carbocycles. The Morgan fingerprint density at radius 3 is 2.44 bits per heavy atom. The Labute approximate surface area is 206 Å². The van der Waals surface area contributed by atoms with Crippen LogP contribution in [0.2, 0.25) is 5.02 Å². The van der Waals surface area contributed by atoms with Gasteiger partial charge in [-0.3, -0.25) is 4.79 Å². The fourth-order valence-corrected chi connectivity index (χ4v) is 8.10. The van der Waals surface area contributed by atoms with Gasteiger partial charge in [0.05, 0.1) is 18.8 Å². The molecule has 0 bridgehead atoms. The van der Waals surface area contributed by atoms with Crippen LogP contribution in [0.15, 0.2) is 35.9 Å². The first-order chi connectivity index (χ1) is 16.2. The quantitative estimate of drug-likeness (QED) is 0.395. The molecule has 4 fully saturated rings. The number of Topliss-reactive ketones (excluding diaryl/α,β-unsaturated/α-hetero) is 1. The van der Waals surface area contributed by atoms with E-state index in [-0.39, 0.29) is 34.7 Å². The Bertz CT molecular complexity index is 1040. The smallest absolute Gasteiger partial charge is 0.338 e. The lowest BCUT2D eigenvalue weighted by Crippen LogP contribution is -2.56. The van der Waals surface area contributed by atoms with E-state index in [1.54, 1.807) is 24.3 Å². The lowest BCUT2D eigenvalue weighted by Gasteiger charge is -2.59. The molecule has 0 amide bonds. The molecule has 0 radical (unpaired) electrons. The summed E-state index contributed by atoms with van der Waals surface area (Å²) in [4.78, 5) is 26.2. The van der Waals surface area contributed by atoms with Crippen LogP contribution < -0.4 is 0 Å². The lowest BCUT2D eigenvalue weighted by molar-refractivity contribution is -0.188. The van der Waals surface area contributed by atoms with E-state index in [1.165, 1.54) is 5.57 Å². The molecule has 0 unspecified atom stereocenters. The number of benzene rings is 1. The van der Waals surface area contributed by atoms with E-state index in [0.717, 1.165) is 38.5 Å². The molecule has 5 nitrogen and oxygen atoms in total. The summed E-state index contributed by atoms with van der Waals surface area (Å²) in [6.45, 7) is 5.80. The number of hydrogen-bond acceptors (Lipinski definition) is 5. The zero-order valence-electron chi connectivity index (χ0n) is 20.0. The summed E-state index contributed by atoms with van der Waals surface area (Å²) < 4.78 is 18.4. The van der Waals surface area contributed by atoms with Crippen molar-refractivity contribution in [1.82, 2.24) is 0 Å². The largest absolute Gasteiger partial charge is 0.454 e. The van der Waals surface area contributed by atoms with Gasteiger partial charge in [-0.1, -0.05) is 31.0 Å². The van der Waals surface area contributed by atoms with E-state index in [9.17, 15) is 9.59 Å². The zero-order chi connectivity index (χ0) is 23.7. The number of esters is 1. The Morgan fingerprint density at radius 2 is 1.71 bits per heavy atom. The number of ether oxygens (including phenoxy) is 3. The van der Waals surface area contributed by atoms with Crippen molar-refractivity contribution in [2.75, 3.05) is 13.2 Å². The Balaban J connectivity index is 1.39. The molecule has 1 aliphatic heterocycles. The van der Waals surface area contributed by atoms with E-state index >= 15 is 0 Å². The van der Waals surface area contributed by atoms with Gasteiger partial charge < -0.3 is 14.2 Å². The summed E-state index contributed by atoms with van der Waals surface area (Å²) in [7, 11) is 0. The molecular weight excluding hydrogens is 452 g/mol. The number of fused-ring (bicyclic) bond motifs is 5. The van der Waals surface area contributed by atoms with Crippen molar-refractivity contribution in [2.45, 2.75) is 70.7 Å². The van der Waals surface area contributed by atoms with E-state index in [0.29, 0.717) is 41.9 Å². The minimum Gasteiger partial charge on any atom is -0.454 e. The molecule has 1 aromatic rings. The van der Waals surface area contributed by atoms with E-state index in [1.807, 2.05) is 0 Å². The van der Waals surface area contributed by atoms with Gasteiger partial charge in [-0.2, -0.15) is 0 Å². The molecule has 0 N–H and O–H groups in total. The first-order valence-corrected chi connectivity index (χ1v) is 13.1. The van der Waals surface area contributed by atoms with Crippen LogP contribution in [0.1, 0.15) is 69.2 Å². The number of carbonyl (C=O) groups is 2. The summed E-state index contributed by atoms with van der Waals surface area (Å²) in [5.41, 5.74) is 1.50. The van der Waals surface area contributed by atoms with Crippen molar-refractivity contribution >= 4 is 23.4 Å². The molecule has 3 saturated carbocycles. The number of rotatable bonds is 2. The third-order valence-corrected chi connectivity index (χ3v) is 10.2. The highest BCUT2D eigenvalue weighted by Gasteiger charge is 2.63. The van der Waals surface area contributed by atoms with Crippen molar-refractivity contribution in [1.29, 1.82) is 0 Å². The maximum Gasteiger partial charge on any atom is 0.338 e. The van der Waals surface area contributed by atoms with Gasteiger partial charge >= 0.3 is 5.97 Å². The van der Waals surface area contributed by atoms with E-state index in [4.69, 9.17) is 25.8 Å². The summed E-state index contributed by atoms with van der Waals surface area (Å²) in [5, 5.41) is 0.587. The number of carbonyl (C=O) groups excluding carboxylic acids is 2. The van der Waals surface area contributed by atoms with Gasteiger partial charge in [0.2, 0.25) is 0 Å². The molecule has 182 valence electrons. The average molecular weight is 485 g/mol. The summed E-state index contributed by atoms with van der Waals surface area (Å²) >= 11 is 6.02. The second kappa shape index (κ2) is 7.91. The van der Waals surface area contributed by atoms with Gasteiger partial charge in [-0.25, -0.2) is 4.79 Å². The predicted molar refractivity (Wildman–Crippen MR) is 127 cm³/mol. The summed E-state index contributed by atoms with van der Waals surface area (Å²) in [6, 6.07) is 6.85. The second-order valence-corrected chi connectivity index (χ2v) is 11.9. The first-order valence-electron chi connectivity index (χ1n) is 12.7. The SMILES string of the molecule is C[C@]12CCC3(CC1=C[C@H](OC(=O)c1ccc(Cl)cc1)[C@@H]1[C@@H]2CC[C@]2(C)C(=O)CC[C@@H]12)OCCO3. The Hall–Kier alpha value is -1.69. The summed E-state index contributed by atoms with van der Waals surface area (Å²) in [6.07, 6.45) is 7.90. The van der Waals surface area contributed by atoms with Crippen LogP contribution in [0.4, 0.5) is 0 Å². The third kappa shape index (κ3) is 3.34. The highest BCUT2D eigenvalue weighted by atomic mass is 35.5. The van der Waals surface area contributed by atoms with Gasteiger partial charge in [0.1, 0.15) is 11.9 Å². The van der Waals surface area contributed by atoms with Crippen molar-refractivity contribution in [3.05, 3.63) is 46.5 Å². The molecular formula is C28H33ClO5. The topological polar surface area (TPSA) is 61.8 Å². The number of halogens is 1. The molecule has 5 aliphatic rings. The fourth-order valence-electron chi connectivity index (χ4n) is 7.98. The van der Waals surface area contributed by atoms with Crippen LogP contribution in [0, 0.1) is 28.6 Å². The van der Waals surface area contributed by atoms with E-state index < -0.39 is 5.79 Å². The maximum atomic E-state index is 13.2. The highest BCUT2D eigenvalue weighted by Crippen LogP contribution is 2.65. The molecule has 1 heterocycles. The zero-order valence-corrected chi connectivity index (χ0v) is 20.7. The van der Waals surface area contributed by atoms with Crippen molar-refractivity contribution in [2.24, 2.45) is 28.6 Å². The molecule has 1 aromatic carbocycles. The molecule has 6 atom stereocenters. The molecule has 0 aromatic heterocycles. The number of hydrogen-bond donors (Lipinski definition) is 0. The average Bonchev–Trinajstić information content (AvgIpc) is 3.39. The fraction of sp³-hybridized carbons (Fsp3) is 0.643. The van der Waals surface area contributed by atoms with Crippen LogP contribution in [-0.2, 0) is 19.0 Å². The van der Waals surface area contributed by atoms with Crippen molar-refractivity contribution < 1.29 is 23.8 Å². The monoisotopic (exact) mass is 484 g/mol. The maximum absolute atomic E-state index is 13.2. The van der Waals surface area contributed by atoms with Crippen LogP contribution >= 0.6 is 11.6 Å². The van der Waals surface area contributed by atoms with Crippen molar-refractivity contribution in [3.63, 3.8) is 0 Å².